The van der Waals surface area contributed by atoms with Gasteiger partial charge in [0.2, 0.25) is 17.6 Å². The van der Waals surface area contributed by atoms with Gasteiger partial charge in [-0.2, -0.15) is 4.98 Å². The highest BCUT2D eigenvalue weighted by atomic mass is 35.5. The number of rotatable bonds is 7. The van der Waals surface area contributed by atoms with E-state index in [9.17, 15) is 14.9 Å². The number of benzene rings is 2. The first kappa shape index (κ1) is 22.0. The SMILES string of the molecule is O=C(Cc1ccc([N+](=O)[O-])cc1)N(Cc1nc(-c2ccc(Cl)cc2)no1)C1CCCCC1. The highest BCUT2D eigenvalue weighted by Gasteiger charge is 2.27. The fourth-order valence-electron chi connectivity index (χ4n) is 4.01. The van der Waals surface area contributed by atoms with E-state index in [2.05, 4.69) is 10.1 Å². The molecule has 0 aliphatic heterocycles. The fourth-order valence-corrected chi connectivity index (χ4v) is 4.13. The van der Waals surface area contributed by atoms with Crippen LogP contribution in [0.3, 0.4) is 0 Å². The molecule has 0 saturated heterocycles. The van der Waals surface area contributed by atoms with Gasteiger partial charge in [-0.3, -0.25) is 14.9 Å². The summed E-state index contributed by atoms with van der Waals surface area (Å²) in [5.41, 5.74) is 1.52. The Morgan fingerprint density at radius 3 is 2.44 bits per heavy atom. The summed E-state index contributed by atoms with van der Waals surface area (Å²) in [6.45, 7) is 0.233. The average molecular weight is 455 g/mol. The van der Waals surface area contributed by atoms with Gasteiger partial charge in [0.1, 0.15) is 6.54 Å². The van der Waals surface area contributed by atoms with E-state index in [4.69, 9.17) is 16.1 Å². The molecule has 1 aliphatic rings. The summed E-state index contributed by atoms with van der Waals surface area (Å²) >= 11 is 5.94. The first-order chi connectivity index (χ1) is 15.5. The quantitative estimate of drug-likeness (QED) is 0.359. The number of non-ortho nitro benzene ring substituents is 1. The Morgan fingerprint density at radius 2 is 1.78 bits per heavy atom. The van der Waals surface area contributed by atoms with Crippen molar-refractivity contribution in [1.29, 1.82) is 0 Å². The number of nitro groups is 1. The molecule has 1 fully saturated rings. The van der Waals surface area contributed by atoms with Gasteiger partial charge in [0.05, 0.1) is 11.3 Å². The van der Waals surface area contributed by atoms with Crippen molar-refractivity contribution in [1.82, 2.24) is 15.0 Å². The van der Waals surface area contributed by atoms with Crippen LogP contribution in [-0.4, -0.2) is 31.9 Å². The third kappa shape index (κ3) is 5.31. The minimum absolute atomic E-state index is 0.00549. The summed E-state index contributed by atoms with van der Waals surface area (Å²) in [6.07, 6.45) is 5.35. The molecule has 0 spiro atoms. The van der Waals surface area contributed by atoms with Crippen LogP contribution in [-0.2, 0) is 17.8 Å². The number of carbonyl (C=O) groups excluding carboxylic acids is 1. The molecule has 1 amide bonds. The van der Waals surface area contributed by atoms with E-state index in [1.165, 1.54) is 18.6 Å². The van der Waals surface area contributed by atoms with Crippen molar-refractivity contribution in [2.24, 2.45) is 0 Å². The molecule has 0 radical (unpaired) electrons. The monoisotopic (exact) mass is 454 g/mol. The second-order valence-electron chi connectivity index (χ2n) is 7.93. The Bertz CT molecular complexity index is 1080. The summed E-state index contributed by atoms with van der Waals surface area (Å²) in [7, 11) is 0. The molecular formula is C23H23ClN4O4. The molecule has 0 N–H and O–H groups in total. The van der Waals surface area contributed by atoms with E-state index in [0.717, 1.165) is 36.8 Å². The maximum absolute atomic E-state index is 13.2. The molecule has 0 bridgehead atoms. The van der Waals surface area contributed by atoms with Crippen LogP contribution in [0.5, 0.6) is 0 Å². The summed E-state index contributed by atoms with van der Waals surface area (Å²) < 4.78 is 5.45. The molecule has 1 saturated carbocycles. The van der Waals surface area contributed by atoms with Crippen molar-refractivity contribution in [3.8, 4) is 11.4 Å². The average Bonchev–Trinajstić information content (AvgIpc) is 3.27. The van der Waals surface area contributed by atoms with Crippen LogP contribution in [0.2, 0.25) is 5.02 Å². The Kier molecular flexibility index (Phi) is 6.80. The normalized spacial score (nSPS) is 14.3. The van der Waals surface area contributed by atoms with Crippen LogP contribution in [0.4, 0.5) is 5.69 Å². The molecular weight excluding hydrogens is 432 g/mol. The Labute approximate surface area is 190 Å². The van der Waals surface area contributed by atoms with Crippen molar-refractivity contribution in [3.63, 3.8) is 0 Å². The van der Waals surface area contributed by atoms with Crippen LogP contribution in [0.25, 0.3) is 11.4 Å². The number of nitro benzene ring substituents is 1. The van der Waals surface area contributed by atoms with Gasteiger partial charge in [0, 0.05) is 28.8 Å². The lowest BCUT2D eigenvalue weighted by Gasteiger charge is -2.33. The maximum atomic E-state index is 13.2. The van der Waals surface area contributed by atoms with Crippen LogP contribution in [0.1, 0.15) is 43.6 Å². The zero-order chi connectivity index (χ0) is 22.5. The highest BCUT2D eigenvalue weighted by Crippen LogP contribution is 2.26. The first-order valence-corrected chi connectivity index (χ1v) is 11.0. The zero-order valence-electron chi connectivity index (χ0n) is 17.4. The van der Waals surface area contributed by atoms with Gasteiger partial charge in [-0.25, -0.2) is 0 Å². The van der Waals surface area contributed by atoms with Crippen molar-refractivity contribution < 1.29 is 14.2 Å². The van der Waals surface area contributed by atoms with E-state index >= 15 is 0 Å². The second kappa shape index (κ2) is 9.91. The van der Waals surface area contributed by atoms with Gasteiger partial charge in [-0.05, 0) is 42.7 Å². The lowest BCUT2D eigenvalue weighted by atomic mass is 9.93. The number of hydrogen-bond acceptors (Lipinski definition) is 6. The minimum Gasteiger partial charge on any atom is -0.337 e. The molecule has 0 unspecified atom stereocenters. The predicted molar refractivity (Wildman–Crippen MR) is 119 cm³/mol. The van der Waals surface area contributed by atoms with E-state index < -0.39 is 4.92 Å². The molecule has 9 heteroatoms. The van der Waals surface area contributed by atoms with Gasteiger partial charge < -0.3 is 9.42 Å². The number of aromatic nitrogens is 2. The molecule has 2 aromatic carbocycles. The van der Waals surface area contributed by atoms with E-state index in [1.54, 1.807) is 24.3 Å². The van der Waals surface area contributed by atoms with Gasteiger partial charge in [0.15, 0.2) is 0 Å². The number of halogens is 1. The third-order valence-corrected chi connectivity index (χ3v) is 5.97. The van der Waals surface area contributed by atoms with Gasteiger partial charge in [-0.1, -0.05) is 48.2 Å². The highest BCUT2D eigenvalue weighted by molar-refractivity contribution is 6.30. The van der Waals surface area contributed by atoms with Crippen LogP contribution in [0.15, 0.2) is 53.1 Å². The topological polar surface area (TPSA) is 102 Å². The molecule has 1 aromatic heterocycles. The zero-order valence-corrected chi connectivity index (χ0v) is 18.2. The predicted octanol–water partition coefficient (Wildman–Crippen LogP) is 5.20. The molecule has 166 valence electrons. The smallest absolute Gasteiger partial charge is 0.269 e. The second-order valence-corrected chi connectivity index (χ2v) is 8.37. The summed E-state index contributed by atoms with van der Waals surface area (Å²) in [5.74, 6) is 0.762. The first-order valence-electron chi connectivity index (χ1n) is 10.6. The maximum Gasteiger partial charge on any atom is 0.269 e. The Hall–Kier alpha value is -3.26. The largest absolute Gasteiger partial charge is 0.337 e. The van der Waals surface area contributed by atoms with Crippen LogP contribution in [0, 0.1) is 10.1 Å². The van der Waals surface area contributed by atoms with E-state index in [-0.39, 0.29) is 30.6 Å². The Morgan fingerprint density at radius 1 is 1.09 bits per heavy atom. The lowest BCUT2D eigenvalue weighted by molar-refractivity contribution is -0.384. The Balaban J connectivity index is 1.51. The number of nitrogens with zero attached hydrogens (tertiary/aromatic N) is 4. The summed E-state index contributed by atoms with van der Waals surface area (Å²) in [5, 5.41) is 15.5. The molecule has 4 rings (SSSR count). The van der Waals surface area contributed by atoms with Gasteiger partial charge >= 0.3 is 0 Å². The van der Waals surface area contributed by atoms with Gasteiger partial charge in [-0.15, -0.1) is 0 Å². The van der Waals surface area contributed by atoms with Crippen molar-refractivity contribution in [2.75, 3.05) is 0 Å². The minimum atomic E-state index is -0.451. The number of amides is 1. The summed E-state index contributed by atoms with van der Waals surface area (Å²) in [4.78, 5) is 30.0. The van der Waals surface area contributed by atoms with E-state index in [1.807, 2.05) is 17.0 Å². The molecule has 1 aliphatic carbocycles. The molecule has 1 heterocycles. The standard InChI is InChI=1S/C23H23ClN4O4/c24-18-10-8-17(9-11-18)23-25-21(32-26-23)15-27(19-4-2-1-3-5-19)22(29)14-16-6-12-20(13-7-16)28(30)31/h6-13,19H,1-5,14-15H2. The molecule has 8 nitrogen and oxygen atoms in total. The number of carbonyl (C=O) groups is 1. The van der Waals surface area contributed by atoms with Gasteiger partial charge in [0.25, 0.3) is 5.69 Å². The number of hydrogen-bond donors (Lipinski definition) is 0. The lowest BCUT2D eigenvalue weighted by Crippen LogP contribution is -2.41. The van der Waals surface area contributed by atoms with Crippen LogP contribution < -0.4 is 0 Å². The van der Waals surface area contributed by atoms with E-state index in [0.29, 0.717) is 16.7 Å². The molecule has 32 heavy (non-hydrogen) atoms. The van der Waals surface area contributed by atoms with Crippen molar-refractivity contribution in [3.05, 3.63) is 75.1 Å². The van der Waals surface area contributed by atoms with Crippen molar-refractivity contribution >= 4 is 23.2 Å². The molecule has 0 atom stereocenters. The molecule has 3 aromatic rings. The third-order valence-electron chi connectivity index (χ3n) is 5.71. The summed E-state index contributed by atoms with van der Waals surface area (Å²) in [6, 6.07) is 13.4. The van der Waals surface area contributed by atoms with Crippen molar-refractivity contribution in [2.45, 2.75) is 51.1 Å². The van der Waals surface area contributed by atoms with Crippen LogP contribution >= 0.6 is 11.6 Å². The fraction of sp³-hybridized carbons (Fsp3) is 0.348.